The third-order valence-corrected chi connectivity index (χ3v) is 5.72. The second-order valence-corrected chi connectivity index (χ2v) is 8.74. The molecule has 1 amide bonds. The molecular formula is C18H26N4O6S. The molecule has 1 aliphatic heterocycles. The van der Waals surface area contributed by atoms with Gasteiger partial charge in [0, 0.05) is 25.4 Å². The van der Waals surface area contributed by atoms with Gasteiger partial charge in [-0.25, -0.2) is 13.1 Å². The van der Waals surface area contributed by atoms with Gasteiger partial charge >= 0.3 is 0 Å². The van der Waals surface area contributed by atoms with Crippen LogP contribution < -0.4 is 10.0 Å². The number of carboxylic acids is 1. The lowest BCUT2D eigenvalue weighted by molar-refractivity contribution is -0.134. The van der Waals surface area contributed by atoms with E-state index in [9.17, 15) is 18.0 Å². The second-order valence-electron chi connectivity index (χ2n) is 7.03. The highest BCUT2D eigenvalue weighted by Gasteiger charge is 2.28. The first-order valence-electron chi connectivity index (χ1n) is 9.36. The lowest BCUT2D eigenvalue weighted by Crippen LogP contribution is -2.36. The summed E-state index contributed by atoms with van der Waals surface area (Å²) in [6, 6.07) is 1.25. The van der Waals surface area contributed by atoms with Gasteiger partial charge in [0.2, 0.25) is 10.0 Å². The van der Waals surface area contributed by atoms with Crippen LogP contribution in [-0.4, -0.2) is 73.3 Å². The van der Waals surface area contributed by atoms with Crippen molar-refractivity contribution in [2.45, 2.75) is 43.5 Å². The van der Waals surface area contributed by atoms with E-state index in [-0.39, 0.29) is 28.8 Å². The molecule has 160 valence electrons. The van der Waals surface area contributed by atoms with E-state index in [1.807, 2.05) is 0 Å². The summed E-state index contributed by atoms with van der Waals surface area (Å²) in [5, 5.41) is 9.95. The Labute approximate surface area is 169 Å². The van der Waals surface area contributed by atoms with Crippen molar-refractivity contribution in [1.82, 2.24) is 19.9 Å². The molecule has 0 radical (unpaired) electrons. The Morgan fingerprint density at radius 1 is 1.21 bits per heavy atom. The summed E-state index contributed by atoms with van der Waals surface area (Å²) in [4.78, 5) is 38.9. The zero-order chi connectivity index (χ0) is 21.4. The molecule has 0 unspecified atom stereocenters. The summed E-state index contributed by atoms with van der Waals surface area (Å²) in [5.74, 6) is -1.41. The van der Waals surface area contributed by atoms with Crippen molar-refractivity contribution in [3.8, 4) is 0 Å². The maximum absolute atomic E-state index is 12.2. The molecule has 1 saturated carbocycles. The molecule has 1 aliphatic carbocycles. The molecule has 10 nitrogen and oxygen atoms in total. The van der Waals surface area contributed by atoms with Crippen LogP contribution in [0.5, 0.6) is 0 Å². The summed E-state index contributed by atoms with van der Waals surface area (Å²) in [7, 11) is -3.67. The van der Waals surface area contributed by atoms with Crippen molar-refractivity contribution in [2.24, 2.45) is 0 Å². The highest BCUT2D eigenvalue weighted by Crippen LogP contribution is 2.22. The highest BCUT2D eigenvalue weighted by molar-refractivity contribution is 7.89. The molecule has 1 aromatic heterocycles. The number of likely N-dealkylation sites (tertiary alicyclic amines) is 1. The quantitative estimate of drug-likeness (QED) is 0.527. The minimum absolute atomic E-state index is 0.0225. The average Bonchev–Trinajstić information content (AvgIpc) is 3.30. The van der Waals surface area contributed by atoms with Crippen molar-refractivity contribution >= 4 is 27.7 Å². The molecule has 29 heavy (non-hydrogen) atoms. The van der Waals surface area contributed by atoms with Crippen molar-refractivity contribution in [3.63, 3.8) is 0 Å². The molecule has 0 spiro atoms. The van der Waals surface area contributed by atoms with Crippen LogP contribution in [0.25, 0.3) is 0 Å². The maximum atomic E-state index is 12.2. The lowest BCUT2D eigenvalue weighted by Gasteiger charge is -2.13. The van der Waals surface area contributed by atoms with E-state index in [1.54, 1.807) is 0 Å². The topological polar surface area (TPSA) is 146 Å². The first kappa shape index (κ1) is 22.9. The van der Waals surface area contributed by atoms with Gasteiger partial charge in [-0.05, 0) is 44.8 Å². The fraction of sp³-hybridized carbons (Fsp3) is 0.556. The maximum Gasteiger partial charge on any atom is 0.300 e. The van der Waals surface area contributed by atoms with Crippen LogP contribution in [0, 0.1) is 0 Å². The van der Waals surface area contributed by atoms with Crippen molar-refractivity contribution in [1.29, 1.82) is 0 Å². The van der Waals surface area contributed by atoms with Gasteiger partial charge in [0.25, 0.3) is 11.9 Å². The van der Waals surface area contributed by atoms with Crippen LogP contribution in [0.15, 0.2) is 23.4 Å². The van der Waals surface area contributed by atoms with E-state index in [1.165, 1.54) is 18.5 Å². The largest absolute Gasteiger partial charge is 0.481 e. The minimum atomic E-state index is -3.67. The number of nitrogens with one attached hydrogen (secondary N) is 2. The normalized spacial score (nSPS) is 16.6. The SMILES string of the molecule is CC(=O)O.O=C(CNC(=O)c1cncc(S(=O)(=O)NC2CC2)c1)CN1CCCC1. The molecule has 0 aromatic carbocycles. The Hall–Kier alpha value is -2.37. The standard InChI is InChI=1S/C16H22N4O4S.C2H4O2/c21-14(11-20-5-1-2-6-20)9-18-16(22)12-7-15(10-17-8-12)25(23,24)19-13-3-4-13;1-2(3)4/h7-8,10,13,19H,1-6,9,11H2,(H,18,22);1H3,(H,3,4). The van der Waals surface area contributed by atoms with Gasteiger partial charge in [-0.1, -0.05) is 0 Å². The molecule has 2 heterocycles. The number of carbonyl (C=O) groups is 3. The molecule has 0 bridgehead atoms. The van der Waals surface area contributed by atoms with E-state index >= 15 is 0 Å². The van der Waals surface area contributed by atoms with Crippen molar-refractivity contribution in [3.05, 3.63) is 24.0 Å². The second kappa shape index (κ2) is 10.4. The number of Topliss-reactive ketones (excluding diaryl/α,β-unsaturated/α-hetero) is 1. The Morgan fingerprint density at radius 2 is 1.83 bits per heavy atom. The lowest BCUT2D eigenvalue weighted by atomic mass is 10.2. The third-order valence-electron chi connectivity index (χ3n) is 4.23. The number of ketones is 1. The van der Waals surface area contributed by atoms with Gasteiger partial charge in [-0.2, -0.15) is 0 Å². The molecule has 2 fully saturated rings. The van der Waals surface area contributed by atoms with E-state index in [0.717, 1.165) is 45.7 Å². The zero-order valence-corrected chi connectivity index (χ0v) is 17.1. The molecule has 3 N–H and O–H groups in total. The van der Waals surface area contributed by atoms with Gasteiger partial charge in [-0.15, -0.1) is 0 Å². The smallest absolute Gasteiger partial charge is 0.300 e. The molecule has 0 atom stereocenters. The predicted molar refractivity (Wildman–Crippen MR) is 104 cm³/mol. The van der Waals surface area contributed by atoms with Crippen molar-refractivity contribution in [2.75, 3.05) is 26.2 Å². The van der Waals surface area contributed by atoms with Gasteiger partial charge < -0.3 is 10.4 Å². The number of carbonyl (C=O) groups excluding carboxylic acids is 2. The highest BCUT2D eigenvalue weighted by atomic mass is 32.2. The number of carboxylic acid groups (broad SMARTS) is 1. The summed E-state index contributed by atoms with van der Waals surface area (Å²) in [5.41, 5.74) is 0.118. The summed E-state index contributed by atoms with van der Waals surface area (Å²) in [6.45, 7) is 3.17. The molecular weight excluding hydrogens is 400 g/mol. The number of rotatable bonds is 8. The van der Waals surface area contributed by atoms with Crippen LogP contribution in [0.2, 0.25) is 0 Å². The van der Waals surface area contributed by atoms with Crippen LogP contribution in [-0.2, 0) is 19.6 Å². The van der Waals surface area contributed by atoms with E-state index in [4.69, 9.17) is 9.90 Å². The summed E-state index contributed by atoms with van der Waals surface area (Å²) < 4.78 is 26.9. The number of aliphatic carboxylic acids is 1. The van der Waals surface area contributed by atoms with Gasteiger partial charge in [0.15, 0.2) is 5.78 Å². The van der Waals surface area contributed by atoms with E-state index in [2.05, 4.69) is 19.9 Å². The van der Waals surface area contributed by atoms with Crippen LogP contribution in [0.3, 0.4) is 0 Å². The number of aromatic nitrogens is 1. The number of pyridine rings is 1. The minimum Gasteiger partial charge on any atom is -0.481 e. The fourth-order valence-corrected chi connectivity index (χ4v) is 4.00. The van der Waals surface area contributed by atoms with Gasteiger partial charge in [-0.3, -0.25) is 24.3 Å². The number of hydrogen-bond acceptors (Lipinski definition) is 7. The number of nitrogens with zero attached hydrogens (tertiary/aromatic N) is 2. The first-order valence-corrected chi connectivity index (χ1v) is 10.8. The Balaban J connectivity index is 0.000000687. The van der Waals surface area contributed by atoms with E-state index in [0.29, 0.717) is 6.54 Å². The average molecular weight is 426 g/mol. The first-order chi connectivity index (χ1) is 13.7. The number of sulfonamides is 1. The summed E-state index contributed by atoms with van der Waals surface area (Å²) >= 11 is 0. The van der Waals surface area contributed by atoms with Crippen LogP contribution in [0.4, 0.5) is 0 Å². The molecule has 1 saturated heterocycles. The molecule has 11 heteroatoms. The van der Waals surface area contributed by atoms with Crippen LogP contribution >= 0.6 is 0 Å². The Bertz CT molecular complexity index is 844. The number of amides is 1. The van der Waals surface area contributed by atoms with Gasteiger partial charge in [0.05, 0.1) is 18.7 Å². The van der Waals surface area contributed by atoms with Crippen molar-refractivity contribution < 1.29 is 27.9 Å². The predicted octanol–water partition coefficient (Wildman–Crippen LogP) is 0.00790. The van der Waals surface area contributed by atoms with Gasteiger partial charge in [0.1, 0.15) is 4.90 Å². The van der Waals surface area contributed by atoms with E-state index < -0.39 is 21.9 Å². The zero-order valence-electron chi connectivity index (χ0n) is 16.3. The summed E-state index contributed by atoms with van der Waals surface area (Å²) in [6.07, 6.45) is 6.34. The molecule has 2 aliphatic rings. The Morgan fingerprint density at radius 3 is 2.41 bits per heavy atom. The third kappa shape index (κ3) is 8.26. The molecule has 1 aromatic rings. The number of hydrogen-bond donors (Lipinski definition) is 3. The Kier molecular flexibility index (Phi) is 8.23. The fourth-order valence-electron chi connectivity index (χ4n) is 2.71. The van der Waals surface area contributed by atoms with Crippen LogP contribution in [0.1, 0.15) is 43.0 Å². The molecule has 3 rings (SSSR count). The monoisotopic (exact) mass is 426 g/mol.